The number of anilines is 4. The second-order valence-corrected chi connectivity index (χ2v) is 12.5. The van der Waals surface area contributed by atoms with Gasteiger partial charge >= 0.3 is 0 Å². The zero-order valence-corrected chi connectivity index (χ0v) is 23.2. The summed E-state index contributed by atoms with van der Waals surface area (Å²) in [5, 5.41) is 13.3. The van der Waals surface area contributed by atoms with E-state index < -0.39 is 10.0 Å². The van der Waals surface area contributed by atoms with Crippen LogP contribution >= 0.6 is 11.6 Å². The number of likely N-dealkylation sites (tertiary alicyclic amines) is 1. The molecule has 1 aromatic carbocycles. The molecule has 0 amide bonds. The lowest BCUT2D eigenvalue weighted by Gasteiger charge is -2.36. The van der Waals surface area contributed by atoms with Crippen molar-refractivity contribution in [1.82, 2.24) is 29.4 Å². The lowest BCUT2D eigenvalue weighted by Crippen LogP contribution is -2.43. The molecule has 0 aliphatic carbocycles. The number of halogens is 2. The zero-order chi connectivity index (χ0) is 27.0. The fourth-order valence-electron chi connectivity index (χ4n) is 5.36. The van der Waals surface area contributed by atoms with Crippen LogP contribution < -0.4 is 10.6 Å². The third-order valence-electron chi connectivity index (χ3n) is 7.38. The number of nitrogens with zero attached hydrogens (tertiary/aromatic N) is 5. The highest BCUT2D eigenvalue weighted by molar-refractivity contribution is 7.88. The number of benzene rings is 1. The van der Waals surface area contributed by atoms with Crippen LogP contribution in [0, 0.1) is 19.7 Å². The molecule has 2 fully saturated rings. The van der Waals surface area contributed by atoms with E-state index in [0.29, 0.717) is 35.4 Å². The molecule has 13 heteroatoms. The molecule has 204 valence electrons. The molecule has 0 saturated carbocycles. The molecule has 4 heterocycles. The first kappa shape index (κ1) is 26.8. The fourth-order valence-corrected chi connectivity index (χ4v) is 6.38. The van der Waals surface area contributed by atoms with Crippen molar-refractivity contribution in [2.75, 3.05) is 43.1 Å². The van der Waals surface area contributed by atoms with Crippen LogP contribution in [0.4, 0.5) is 27.7 Å². The van der Waals surface area contributed by atoms with Crippen molar-refractivity contribution in [2.24, 2.45) is 0 Å². The third kappa shape index (κ3) is 5.93. The molecule has 2 saturated heterocycles. The molecule has 2 aliphatic rings. The second kappa shape index (κ2) is 10.8. The van der Waals surface area contributed by atoms with Crippen LogP contribution in [0.25, 0.3) is 0 Å². The summed E-state index contributed by atoms with van der Waals surface area (Å²) in [5.41, 5.74) is 3.18. The van der Waals surface area contributed by atoms with Gasteiger partial charge in [-0.15, -0.1) is 0 Å². The number of rotatable bonds is 7. The third-order valence-corrected chi connectivity index (χ3v) is 8.93. The number of aryl methyl sites for hydroxylation is 2. The topological polar surface area (TPSA) is 119 Å². The van der Waals surface area contributed by atoms with Gasteiger partial charge in [0, 0.05) is 30.9 Å². The molecule has 0 spiro atoms. The van der Waals surface area contributed by atoms with Gasteiger partial charge in [-0.05, 0) is 75.4 Å². The van der Waals surface area contributed by atoms with Crippen molar-refractivity contribution in [3.05, 3.63) is 52.1 Å². The van der Waals surface area contributed by atoms with Crippen LogP contribution in [0.3, 0.4) is 0 Å². The maximum absolute atomic E-state index is 15.2. The number of H-pyrrole nitrogens is 1. The standard InChI is InChI=1S/C25H32ClFN8O2S/c1-15-10-22(29-25-28-13-20(26)24(31-25)30-23-11-16(2)32-33-23)21(27)12-19(15)17-4-7-34(8-5-17)18-6-9-35(14-18)38(3,36)37/h10-13,17-18H,4-9,14H2,1-3H3,(H3,28,29,30,31,32,33)/t18-/m1/s1. The maximum atomic E-state index is 15.2. The normalized spacial score (nSPS) is 19.7. The van der Waals surface area contributed by atoms with Gasteiger partial charge in [0.05, 0.1) is 18.1 Å². The van der Waals surface area contributed by atoms with E-state index in [-0.39, 0.29) is 23.7 Å². The number of aromatic amines is 1. The number of piperidine rings is 1. The minimum Gasteiger partial charge on any atom is -0.322 e. The van der Waals surface area contributed by atoms with Gasteiger partial charge in [-0.25, -0.2) is 22.1 Å². The van der Waals surface area contributed by atoms with Gasteiger partial charge < -0.3 is 10.6 Å². The molecule has 3 N–H and O–H groups in total. The first-order valence-corrected chi connectivity index (χ1v) is 14.9. The first-order chi connectivity index (χ1) is 18.1. The van der Waals surface area contributed by atoms with Gasteiger partial charge in [-0.2, -0.15) is 10.1 Å². The SMILES string of the molecule is Cc1cc(Nc2nc(Nc3cc(C)c(C4CCN([C@@H]5CCN(S(C)(=O)=O)C5)CC4)cc3F)ncc2Cl)n[nH]1. The molecule has 2 aliphatic heterocycles. The Morgan fingerprint density at radius 1 is 1.11 bits per heavy atom. The summed E-state index contributed by atoms with van der Waals surface area (Å²) in [4.78, 5) is 11.0. The quantitative estimate of drug-likeness (QED) is 0.390. The van der Waals surface area contributed by atoms with Crippen LogP contribution in [-0.2, 0) is 10.0 Å². The first-order valence-electron chi connectivity index (χ1n) is 12.6. The maximum Gasteiger partial charge on any atom is 0.229 e. The highest BCUT2D eigenvalue weighted by Gasteiger charge is 2.34. The van der Waals surface area contributed by atoms with Crippen LogP contribution in [0.2, 0.25) is 5.02 Å². The Kier molecular flexibility index (Phi) is 7.58. The molecule has 38 heavy (non-hydrogen) atoms. The predicted molar refractivity (Wildman–Crippen MR) is 146 cm³/mol. The largest absolute Gasteiger partial charge is 0.322 e. The number of aromatic nitrogens is 4. The molecule has 5 rings (SSSR count). The minimum atomic E-state index is -3.15. The Labute approximate surface area is 227 Å². The van der Waals surface area contributed by atoms with Crippen LogP contribution in [0.15, 0.2) is 24.4 Å². The number of sulfonamides is 1. The smallest absolute Gasteiger partial charge is 0.229 e. The van der Waals surface area contributed by atoms with Gasteiger partial charge in [0.2, 0.25) is 16.0 Å². The van der Waals surface area contributed by atoms with Crippen molar-refractivity contribution in [2.45, 2.75) is 45.1 Å². The summed E-state index contributed by atoms with van der Waals surface area (Å²) in [6, 6.07) is 5.47. The summed E-state index contributed by atoms with van der Waals surface area (Å²) in [6.07, 6.45) is 5.39. The average Bonchev–Trinajstić information content (AvgIpc) is 3.53. The molecule has 0 unspecified atom stereocenters. The van der Waals surface area contributed by atoms with Crippen molar-refractivity contribution in [3.63, 3.8) is 0 Å². The number of hydrogen-bond donors (Lipinski definition) is 3. The summed E-state index contributed by atoms with van der Waals surface area (Å²) in [6.45, 7) is 6.76. The lowest BCUT2D eigenvalue weighted by atomic mass is 9.86. The molecule has 2 aromatic heterocycles. The van der Waals surface area contributed by atoms with Gasteiger partial charge in [-0.1, -0.05) is 11.6 Å². The Hall–Kier alpha value is -2.80. The average molecular weight is 563 g/mol. The monoisotopic (exact) mass is 562 g/mol. The summed E-state index contributed by atoms with van der Waals surface area (Å²) in [5.74, 6) is 1.01. The van der Waals surface area contributed by atoms with Crippen LogP contribution in [0.1, 0.15) is 42.0 Å². The molecule has 3 aromatic rings. The lowest BCUT2D eigenvalue weighted by molar-refractivity contribution is 0.157. The van der Waals surface area contributed by atoms with Crippen molar-refractivity contribution < 1.29 is 12.8 Å². The van der Waals surface area contributed by atoms with Gasteiger partial charge in [0.15, 0.2) is 11.6 Å². The highest BCUT2D eigenvalue weighted by atomic mass is 35.5. The van der Waals surface area contributed by atoms with Gasteiger partial charge in [0.25, 0.3) is 0 Å². The Morgan fingerprint density at radius 2 is 1.87 bits per heavy atom. The van der Waals surface area contributed by atoms with Crippen LogP contribution in [0.5, 0.6) is 0 Å². The molecule has 0 bridgehead atoms. The van der Waals surface area contributed by atoms with Crippen molar-refractivity contribution in [3.8, 4) is 0 Å². The number of nitrogens with one attached hydrogen (secondary N) is 3. The molecular formula is C25H32ClFN8O2S. The highest BCUT2D eigenvalue weighted by Crippen LogP contribution is 2.35. The van der Waals surface area contributed by atoms with E-state index >= 15 is 4.39 Å². The second-order valence-electron chi connectivity index (χ2n) is 10.1. The Bertz CT molecular complexity index is 1420. The van der Waals surface area contributed by atoms with E-state index in [1.807, 2.05) is 19.9 Å². The number of hydrogen-bond acceptors (Lipinski definition) is 8. The van der Waals surface area contributed by atoms with E-state index in [9.17, 15) is 8.42 Å². The van der Waals surface area contributed by atoms with Gasteiger partial charge in [0.1, 0.15) is 10.8 Å². The molecule has 1 atom stereocenters. The molecular weight excluding hydrogens is 531 g/mol. The van der Waals surface area contributed by atoms with E-state index in [1.54, 1.807) is 16.4 Å². The fraction of sp³-hybridized carbons (Fsp3) is 0.480. The van der Waals surface area contributed by atoms with E-state index in [4.69, 9.17) is 11.6 Å². The summed E-state index contributed by atoms with van der Waals surface area (Å²) in [7, 11) is -3.15. The summed E-state index contributed by atoms with van der Waals surface area (Å²) >= 11 is 6.24. The van der Waals surface area contributed by atoms with E-state index in [0.717, 1.165) is 49.2 Å². The molecule has 0 radical (unpaired) electrons. The minimum absolute atomic E-state index is 0.211. The predicted octanol–water partition coefficient (Wildman–Crippen LogP) is 4.31. The van der Waals surface area contributed by atoms with Crippen molar-refractivity contribution in [1.29, 1.82) is 0 Å². The van der Waals surface area contributed by atoms with Gasteiger partial charge in [-0.3, -0.25) is 10.00 Å². The summed E-state index contributed by atoms with van der Waals surface area (Å²) < 4.78 is 40.5. The van der Waals surface area contributed by atoms with E-state index in [2.05, 4.69) is 35.7 Å². The zero-order valence-electron chi connectivity index (χ0n) is 21.6. The Morgan fingerprint density at radius 3 is 2.53 bits per heavy atom. The van der Waals surface area contributed by atoms with Crippen LogP contribution in [-0.4, -0.2) is 76.3 Å². The molecule has 10 nitrogen and oxygen atoms in total. The Balaban J connectivity index is 1.24. The van der Waals surface area contributed by atoms with E-state index in [1.165, 1.54) is 12.5 Å². The van der Waals surface area contributed by atoms with Crippen molar-refractivity contribution >= 4 is 44.9 Å².